The number of azo groups is 1. The average Bonchev–Trinajstić information content (AvgIpc) is 3.13. The largest absolute Gasteiger partial charge is 0.458 e. The van der Waals surface area contributed by atoms with Crippen molar-refractivity contribution in [3.05, 3.63) is 59.6 Å². The van der Waals surface area contributed by atoms with Crippen LogP contribution in [0.2, 0.25) is 0 Å². The number of anilines is 3. The molecule has 3 rings (SSSR count). The number of hydrogen-bond acceptors (Lipinski definition) is 8. The Labute approximate surface area is 199 Å². The number of pyridine rings is 1. The zero-order valence-corrected chi connectivity index (χ0v) is 19.7. The van der Waals surface area contributed by atoms with E-state index in [9.17, 15) is 22.8 Å². The van der Waals surface area contributed by atoms with Crippen LogP contribution >= 0.6 is 0 Å². The van der Waals surface area contributed by atoms with Gasteiger partial charge in [-0.15, -0.1) is 0 Å². The maximum atomic E-state index is 13.7. The van der Waals surface area contributed by atoms with E-state index in [2.05, 4.69) is 31.2 Å². The second-order valence-corrected chi connectivity index (χ2v) is 8.82. The lowest BCUT2D eigenvalue weighted by atomic mass is 9.99. The van der Waals surface area contributed by atoms with Gasteiger partial charge < -0.3 is 20.7 Å². The van der Waals surface area contributed by atoms with Crippen LogP contribution in [0.15, 0.2) is 58.7 Å². The summed E-state index contributed by atoms with van der Waals surface area (Å²) in [5, 5.41) is 15.7. The zero-order valence-electron chi connectivity index (χ0n) is 19.7. The highest BCUT2D eigenvalue weighted by molar-refractivity contribution is 6.00. The Balaban J connectivity index is 1.96. The van der Waals surface area contributed by atoms with Crippen molar-refractivity contribution in [2.75, 3.05) is 17.7 Å². The Kier molecular flexibility index (Phi) is 6.86. The van der Waals surface area contributed by atoms with Crippen molar-refractivity contribution in [2.45, 2.75) is 45.0 Å². The molecule has 0 saturated heterocycles. The van der Waals surface area contributed by atoms with Crippen molar-refractivity contribution in [3.63, 3.8) is 0 Å². The molecule has 2 heterocycles. The van der Waals surface area contributed by atoms with Crippen LogP contribution in [-0.4, -0.2) is 35.0 Å². The fourth-order valence-electron chi connectivity index (χ4n) is 3.12. The third kappa shape index (κ3) is 5.76. The highest BCUT2D eigenvalue weighted by Crippen LogP contribution is 2.38. The second-order valence-electron chi connectivity index (χ2n) is 8.82. The minimum Gasteiger partial charge on any atom is -0.458 e. The van der Waals surface area contributed by atoms with E-state index in [1.165, 1.54) is 32.3 Å². The molecule has 0 spiro atoms. The number of carbonyl (C=O) groups excluding carboxylic acids is 2. The molecule has 1 aromatic heterocycles. The monoisotopic (exact) mass is 490 g/mol. The third-order valence-electron chi connectivity index (χ3n) is 4.91. The number of carbonyl (C=O) groups is 2. The Morgan fingerprint density at radius 3 is 2.37 bits per heavy atom. The molecule has 2 aromatic rings. The van der Waals surface area contributed by atoms with Gasteiger partial charge in [-0.05, 0) is 39.8 Å². The predicted octanol–water partition coefficient (Wildman–Crippen LogP) is 5.02. The summed E-state index contributed by atoms with van der Waals surface area (Å²) in [5.74, 6) is -1.16. The number of rotatable bonds is 6. The molecular formula is C23H25F3N6O3. The minimum atomic E-state index is -4.72. The second kappa shape index (κ2) is 9.35. The fourth-order valence-corrected chi connectivity index (χ4v) is 3.12. The van der Waals surface area contributed by atoms with Gasteiger partial charge in [0.2, 0.25) is 5.54 Å². The third-order valence-corrected chi connectivity index (χ3v) is 4.91. The number of aromatic nitrogens is 1. The van der Waals surface area contributed by atoms with Crippen LogP contribution < -0.4 is 16.0 Å². The van der Waals surface area contributed by atoms with E-state index in [1.807, 2.05) is 0 Å². The molecule has 1 aliphatic rings. The Morgan fingerprint density at radius 2 is 1.74 bits per heavy atom. The van der Waals surface area contributed by atoms with Gasteiger partial charge in [0.05, 0.1) is 34.4 Å². The summed E-state index contributed by atoms with van der Waals surface area (Å²) in [6, 6.07) is 7.26. The van der Waals surface area contributed by atoms with Gasteiger partial charge >= 0.3 is 12.1 Å². The number of esters is 1. The van der Waals surface area contributed by atoms with E-state index in [-0.39, 0.29) is 28.5 Å². The van der Waals surface area contributed by atoms with Crippen LogP contribution in [0.4, 0.5) is 30.4 Å². The molecule has 1 unspecified atom stereocenters. The van der Waals surface area contributed by atoms with E-state index in [0.717, 1.165) is 6.07 Å². The summed E-state index contributed by atoms with van der Waals surface area (Å²) in [6.45, 7) is 6.56. The first kappa shape index (κ1) is 25.7. The van der Waals surface area contributed by atoms with Crippen LogP contribution in [0.25, 0.3) is 0 Å². The molecule has 0 bridgehead atoms. The Bertz CT molecular complexity index is 1200. The molecule has 0 radical (unpaired) electrons. The molecule has 0 aliphatic carbocycles. The maximum absolute atomic E-state index is 13.7. The van der Waals surface area contributed by atoms with E-state index < -0.39 is 34.8 Å². The molecule has 1 amide bonds. The summed E-state index contributed by atoms with van der Waals surface area (Å²) in [6.07, 6.45) is -2.79. The normalized spacial score (nSPS) is 17.5. The smallest absolute Gasteiger partial charge is 0.419 e. The molecule has 12 heteroatoms. The molecule has 9 nitrogen and oxygen atoms in total. The molecule has 186 valence electrons. The minimum absolute atomic E-state index is 0.00809. The number of amides is 1. The SMILES string of the molecule is CNC(=O)c1ccccc1Nc1cc(NC2=CN=NC2(C)C(=O)OC(C)(C)C)ncc1C(F)(F)F. The van der Waals surface area contributed by atoms with Crippen LogP contribution in [-0.2, 0) is 15.7 Å². The molecule has 3 N–H and O–H groups in total. The van der Waals surface area contributed by atoms with Crippen molar-refractivity contribution >= 4 is 29.1 Å². The van der Waals surface area contributed by atoms with Gasteiger partial charge in [-0.1, -0.05) is 12.1 Å². The number of nitrogens with one attached hydrogen (secondary N) is 3. The van der Waals surface area contributed by atoms with Crippen LogP contribution in [0, 0.1) is 0 Å². The summed E-state index contributed by atoms with van der Waals surface area (Å²) in [4.78, 5) is 28.8. The van der Waals surface area contributed by atoms with Gasteiger partial charge in [0.15, 0.2) is 0 Å². The zero-order chi connectivity index (χ0) is 26.0. The fraction of sp³-hybridized carbons (Fsp3) is 0.348. The first-order valence-electron chi connectivity index (χ1n) is 10.5. The molecule has 0 fully saturated rings. The maximum Gasteiger partial charge on any atom is 0.419 e. The summed E-state index contributed by atoms with van der Waals surface area (Å²) < 4.78 is 46.6. The number of hydrogen-bond donors (Lipinski definition) is 3. The van der Waals surface area contributed by atoms with Crippen LogP contribution in [0.3, 0.4) is 0 Å². The number of para-hydroxylation sites is 1. The number of ether oxygens (including phenoxy) is 1. The van der Waals surface area contributed by atoms with Gasteiger partial charge in [-0.25, -0.2) is 9.78 Å². The highest BCUT2D eigenvalue weighted by Gasteiger charge is 2.44. The molecule has 0 saturated carbocycles. The van der Waals surface area contributed by atoms with E-state index in [1.54, 1.807) is 32.9 Å². The average molecular weight is 490 g/mol. The van der Waals surface area contributed by atoms with Crippen LogP contribution in [0.1, 0.15) is 43.6 Å². The summed E-state index contributed by atoms with van der Waals surface area (Å²) in [7, 11) is 1.42. The molecule has 35 heavy (non-hydrogen) atoms. The molecule has 1 aliphatic heterocycles. The van der Waals surface area contributed by atoms with E-state index in [4.69, 9.17) is 4.74 Å². The molecule has 1 aromatic carbocycles. The highest BCUT2D eigenvalue weighted by atomic mass is 19.4. The van der Waals surface area contributed by atoms with Crippen molar-refractivity contribution in [1.82, 2.24) is 10.3 Å². The molecular weight excluding hydrogens is 465 g/mol. The first-order chi connectivity index (χ1) is 16.2. The number of alkyl halides is 3. The first-order valence-corrected chi connectivity index (χ1v) is 10.5. The van der Waals surface area contributed by atoms with Gasteiger partial charge in [0.25, 0.3) is 5.91 Å². The van der Waals surface area contributed by atoms with Gasteiger partial charge in [-0.2, -0.15) is 23.4 Å². The molecule has 1 atom stereocenters. The van der Waals surface area contributed by atoms with Crippen molar-refractivity contribution in [1.29, 1.82) is 0 Å². The van der Waals surface area contributed by atoms with Gasteiger partial charge in [0, 0.05) is 19.3 Å². The Hall–Kier alpha value is -3.96. The lowest BCUT2D eigenvalue weighted by molar-refractivity contribution is -0.159. The summed E-state index contributed by atoms with van der Waals surface area (Å²) in [5.41, 5.74) is -3.21. The van der Waals surface area contributed by atoms with Crippen LogP contribution in [0.5, 0.6) is 0 Å². The standard InChI is InChI=1S/C23H25F3N6O3/c1-21(2,3)35-20(34)22(4)17(12-29-32-22)31-18-10-16(14(11-28-18)23(24,25)26)30-15-9-7-6-8-13(15)19(33)27-5/h6-12H,1-5H3,(H,27,33)(H2,28,30,31). The van der Waals surface area contributed by atoms with Gasteiger partial charge in [0.1, 0.15) is 11.4 Å². The quantitative estimate of drug-likeness (QED) is 0.490. The Morgan fingerprint density at radius 1 is 1.06 bits per heavy atom. The predicted molar refractivity (Wildman–Crippen MR) is 123 cm³/mol. The van der Waals surface area contributed by atoms with Crippen molar-refractivity contribution < 1.29 is 27.5 Å². The lowest BCUT2D eigenvalue weighted by Gasteiger charge is -2.27. The number of benzene rings is 1. The van der Waals surface area contributed by atoms with Gasteiger partial charge in [-0.3, -0.25) is 4.79 Å². The topological polar surface area (TPSA) is 117 Å². The van der Waals surface area contributed by atoms with E-state index in [0.29, 0.717) is 6.20 Å². The number of nitrogens with zero attached hydrogens (tertiary/aromatic N) is 3. The number of halogens is 3. The lowest BCUT2D eigenvalue weighted by Crippen LogP contribution is -2.42. The van der Waals surface area contributed by atoms with Crippen molar-refractivity contribution in [3.8, 4) is 0 Å². The van der Waals surface area contributed by atoms with Crippen molar-refractivity contribution in [2.24, 2.45) is 10.2 Å². The summed E-state index contributed by atoms with van der Waals surface area (Å²) >= 11 is 0. The van der Waals surface area contributed by atoms with E-state index >= 15 is 0 Å².